The quantitative estimate of drug-likeness (QED) is 0.747. The number of hydrogen-bond donors (Lipinski definition) is 1. The molecule has 0 aliphatic carbocycles. The number of unbranched alkanes of at least 4 members (excludes halogenated alkanes) is 5. The highest BCUT2D eigenvalue weighted by atomic mass is 15.0. The first-order valence-electron chi connectivity index (χ1n) is 7.31. The number of fused-ring (bicyclic) bond motifs is 1. The molecular weight excluding hydrogens is 234 g/mol. The third-order valence-corrected chi connectivity index (χ3v) is 3.44. The Morgan fingerprint density at radius 1 is 1.00 bits per heavy atom. The lowest BCUT2D eigenvalue weighted by molar-refractivity contribution is 0.612. The smallest absolute Gasteiger partial charge is 0.157 e. The van der Waals surface area contributed by atoms with Gasteiger partial charge in [-0.05, 0) is 6.42 Å². The Morgan fingerprint density at radius 2 is 1.68 bits per heavy atom. The molecule has 3 nitrogen and oxygen atoms in total. The largest absolute Gasteiger partial charge is 0.383 e. The second-order valence-corrected chi connectivity index (χ2v) is 5.02. The standard InChI is InChI=1S/C16H23N3/c1-2-3-4-5-6-9-12-18-16-14-11-8-7-10-13(14)15(17)19-16/h7-8,10-11H,2-6,9,12H2,1H3,(H2,17,18,19). The molecule has 102 valence electrons. The van der Waals surface area contributed by atoms with Gasteiger partial charge in [-0.25, -0.2) is 4.99 Å². The fraction of sp³-hybridized carbons (Fsp3) is 0.500. The monoisotopic (exact) mass is 257 g/mol. The molecule has 0 unspecified atom stereocenters. The number of hydrogen-bond acceptors (Lipinski definition) is 2. The Morgan fingerprint density at radius 3 is 2.47 bits per heavy atom. The lowest BCUT2D eigenvalue weighted by Gasteiger charge is -2.00. The van der Waals surface area contributed by atoms with Gasteiger partial charge in [-0.15, -0.1) is 0 Å². The molecule has 0 saturated carbocycles. The normalized spacial score (nSPS) is 15.6. The highest BCUT2D eigenvalue weighted by Crippen LogP contribution is 2.17. The summed E-state index contributed by atoms with van der Waals surface area (Å²) in [7, 11) is 0. The molecule has 0 spiro atoms. The zero-order valence-corrected chi connectivity index (χ0v) is 11.7. The van der Waals surface area contributed by atoms with Crippen molar-refractivity contribution in [3.63, 3.8) is 0 Å². The van der Waals surface area contributed by atoms with Crippen LogP contribution in [0.2, 0.25) is 0 Å². The lowest BCUT2D eigenvalue weighted by atomic mass is 10.1. The van der Waals surface area contributed by atoms with Gasteiger partial charge in [0, 0.05) is 17.7 Å². The third-order valence-electron chi connectivity index (χ3n) is 3.44. The van der Waals surface area contributed by atoms with Crippen molar-refractivity contribution in [1.82, 2.24) is 0 Å². The van der Waals surface area contributed by atoms with Crippen LogP contribution in [0.1, 0.15) is 56.6 Å². The minimum atomic E-state index is 0.595. The topological polar surface area (TPSA) is 50.7 Å². The summed E-state index contributed by atoms with van der Waals surface area (Å²) in [6.45, 7) is 3.10. The Hall–Kier alpha value is -1.64. The van der Waals surface area contributed by atoms with Gasteiger partial charge >= 0.3 is 0 Å². The van der Waals surface area contributed by atoms with Gasteiger partial charge < -0.3 is 5.73 Å². The average Bonchev–Trinajstić information content (AvgIpc) is 2.75. The van der Waals surface area contributed by atoms with Gasteiger partial charge in [0.25, 0.3) is 0 Å². The van der Waals surface area contributed by atoms with E-state index in [4.69, 9.17) is 5.73 Å². The van der Waals surface area contributed by atoms with E-state index in [9.17, 15) is 0 Å². The van der Waals surface area contributed by atoms with Crippen molar-refractivity contribution in [3.8, 4) is 0 Å². The molecule has 2 rings (SSSR count). The summed E-state index contributed by atoms with van der Waals surface area (Å²) < 4.78 is 0. The van der Waals surface area contributed by atoms with E-state index in [2.05, 4.69) is 16.9 Å². The number of amidine groups is 2. The van der Waals surface area contributed by atoms with Crippen LogP contribution in [0.3, 0.4) is 0 Å². The maximum absolute atomic E-state index is 5.89. The van der Waals surface area contributed by atoms with Crippen LogP contribution in [0.25, 0.3) is 0 Å². The Balaban J connectivity index is 1.82. The van der Waals surface area contributed by atoms with Crippen molar-refractivity contribution >= 4 is 11.7 Å². The van der Waals surface area contributed by atoms with Crippen LogP contribution >= 0.6 is 0 Å². The van der Waals surface area contributed by atoms with Gasteiger partial charge in [0.15, 0.2) is 5.84 Å². The van der Waals surface area contributed by atoms with Crippen LogP contribution in [0.4, 0.5) is 0 Å². The zero-order chi connectivity index (χ0) is 13.5. The van der Waals surface area contributed by atoms with Crippen LogP contribution in [0, 0.1) is 0 Å². The van der Waals surface area contributed by atoms with Crippen LogP contribution in [0.15, 0.2) is 34.3 Å². The lowest BCUT2D eigenvalue weighted by Crippen LogP contribution is -2.09. The molecule has 0 aromatic heterocycles. The van der Waals surface area contributed by atoms with Crippen molar-refractivity contribution in [2.45, 2.75) is 45.4 Å². The Bertz CT molecular complexity index is 475. The van der Waals surface area contributed by atoms with Crippen LogP contribution in [0.5, 0.6) is 0 Å². The Labute approximate surface area is 115 Å². The number of aliphatic imine (C=N–C) groups is 2. The van der Waals surface area contributed by atoms with E-state index < -0.39 is 0 Å². The number of nitrogens with zero attached hydrogens (tertiary/aromatic N) is 2. The Kier molecular flexibility index (Phi) is 5.13. The predicted molar refractivity (Wildman–Crippen MR) is 81.9 cm³/mol. The number of benzene rings is 1. The molecule has 1 aromatic rings. The molecule has 3 heteroatoms. The van der Waals surface area contributed by atoms with E-state index in [0.29, 0.717) is 5.84 Å². The molecular formula is C16H23N3. The van der Waals surface area contributed by atoms with Gasteiger partial charge in [-0.2, -0.15) is 0 Å². The molecule has 0 saturated heterocycles. The summed E-state index contributed by atoms with van der Waals surface area (Å²) in [5.74, 6) is 1.40. The van der Waals surface area contributed by atoms with Crippen molar-refractivity contribution in [2.24, 2.45) is 15.7 Å². The van der Waals surface area contributed by atoms with Gasteiger partial charge in [0.2, 0.25) is 0 Å². The molecule has 1 aliphatic heterocycles. The van der Waals surface area contributed by atoms with Crippen LogP contribution in [-0.2, 0) is 0 Å². The first kappa shape index (κ1) is 13.8. The molecule has 0 fully saturated rings. The van der Waals surface area contributed by atoms with Crippen molar-refractivity contribution in [3.05, 3.63) is 35.4 Å². The SMILES string of the molecule is CCCCCCCCN=C1N=C(N)c2ccccc21. The van der Waals surface area contributed by atoms with E-state index >= 15 is 0 Å². The minimum Gasteiger partial charge on any atom is -0.383 e. The second kappa shape index (κ2) is 7.07. The maximum Gasteiger partial charge on any atom is 0.157 e. The van der Waals surface area contributed by atoms with Gasteiger partial charge in [0.05, 0.1) is 0 Å². The molecule has 0 bridgehead atoms. The molecule has 0 atom stereocenters. The van der Waals surface area contributed by atoms with E-state index in [0.717, 1.165) is 29.9 Å². The molecule has 0 radical (unpaired) electrons. The first-order chi connectivity index (χ1) is 9.33. The van der Waals surface area contributed by atoms with Gasteiger partial charge in [0.1, 0.15) is 5.84 Å². The van der Waals surface area contributed by atoms with E-state index in [-0.39, 0.29) is 0 Å². The molecule has 1 aliphatic rings. The number of rotatable bonds is 7. The minimum absolute atomic E-state index is 0.595. The van der Waals surface area contributed by atoms with E-state index in [1.54, 1.807) is 0 Å². The fourth-order valence-electron chi connectivity index (χ4n) is 2.33. The van der Waals surface area contributed by atoms with Gasteiger partial charge in [-0.1, -0.05) is 63.3 Å². The summed E-state index contributed by atoms with van der Waals surface area (Å²) in [5, 5.41) is 0. The molecule has 0 amide bonds. The predicted octanol–water partition coefficient (Wildman–Crippen LogP) is 3.51. The highest BCUT2D eigenvalue weighted by Gasteiger charge is 2.17. The third kappa shape index (κ3) is 3.66. The zero-order valence-electron chi connectivity index (χ0n) is 11.7. The molecule has 2 N–H and O–H groups in total. The van der Waals surface area contributed by atoms with Gasteiger partial charge in [-0.3, -0.25) is 4.99 Å². The summed E-state index contributed by atoms with van der Waals surface area (Å²) in [5.41, 5.74) is 7.98. The van der Waals surface area contributed by atoms with Crippen molar-refractivity contribution < 1.29 is 0 Å². The summed E-state index contributed by atoms with van der Waals surface area (Å²) in [4.78, 5) is 8.93. The average molecular weight is 257 g/mol. The fourth-order valence-corrected chi connectivity index (χ4v) is 2.33. The summed E-state index contributed by atoms with van der Waals surface area (Å²) in [6, 6.07) is 8.03. The summed E-state index contributed by atoms with van der Waals surface area (Å²) in [6.07, 6.45) is 7.72. The van der Waals surface area contributed by atoms with Crippen LogP contribution in [-0.4, -0.2) is 18.2 Å². The van der Waals surface area contributed by atoms with E-state index in [1.165, 1.54) is 32.1 Å². The van der Waals surface area contributed by atoms with Crippen LogP contribution < -0.4 is 5.73 Å². The molecule has 19 heavy (non-hydrogen) atoms. The summed E-state index contributed by atoms with van der Waals surface area (Å²) >= 11 is 0. The van der Waals surface area contributed by atoms with Crippen molar-refractivity contribution in [2.75, 3.05) is 6.54 Å². The highest BCUT2D eigenvalue weighted by molar-refractivity contribution is 6.21. The number of nitrogens with two attached hydrogens (primary N) is 1. The molecule has 1 heterocycles. The maximum atomic E-state index is 5.89. The second-order valence-electron chi connectivity index (χ2n) is 5.02. The first-order valence-corrected chi connectivity index (χ1v) is 7.31. The van der Waals surface area contributed by atoms with E-state index in [1.807, 2.05) is 24.3 Å². The van der Waals surface area contributed by atoms with Crippen molar-refractivity contribution in [1.29, 1.82) is 0 Å². The molecule has 1 aromatic carbocycles.